The van der Waals surface area contributed by atoms with E-state index in [-0.39, 0.29) is 35.3 Å². The lowest BCUT2D eigenvalue weighted by Gasteiger charge is -2.07. The van der Waals surface area contributed by atoms with Crippen molar-refractivity contribution in [2.45, 2.75) is 24.7 Å². The lowest BCUT2D eigenvalue weighted by molar-refractivity contribution is -0.116. The summed E-state index contributed by atoms with van der Waals surface area (Å²) in [5.41, 5.74) is 0.986. The van der Waals surface area contributed by atoms with Gasteiger partial charge in [0.05, 0.1) is 17.2 Å². The largest absolute Gasteiger partial charge is 0.494 e. The van der Waals surface area contributed by atoms with Gasteiger partial charge in [0.25, 0.3) is 0 Å². The fourth-order valence-corrected chi connectivity index (χ4v) is 4.20. The summed E-state index contributed by atoms with van der Waals surface area (Å²) in [6, 6.07) is 10.4. The van der Waals surface area contributed by atoms with Gasteiger partial charge in [-0.3, -0.25) is 9.59 Å². The first-order valence-electron chi connectivity index (χ1n) is 9.87. The molecule has 0 spiro atoms. The predicted octanol–water partition coefficient (Wildman–Crippen LogP) is 4.11. The highest BCUT2D eigenvalue weighted by molar-refractivity contribution is 7.90. The molecule has 0 aliphatic rings. The van der Waals surface area contributed by atoms with E-state index in [4.69, 9.17) is 4.74 Å². The van der Waals surface area contributed by atoms with Gasteiger partial charge in [-0.25, -0.2) is 17.8 Å². The van der Waals surface area contributed by atoms with Crippen molar-refractivity contribution in [3.05, 3.63) is 53.7 Å². The van der Waals surface area contributed by atoms with Crippen molar-refractivity contribution >= 4 is 43.8 Å². The number of carbonyl (C=O) groups excluding carboxylic acids is 2. The number of thiazole rings is 1. The number of carbonyl (C=O) groups is 2. The Morgan fingerprint density at radius 1 is 1.12 bits per heavy atom. The van der Waals surface area contributed by atoms with E-state index < -0.39 is 15.7 Å². The molecule has 2 aromatic carbocycles. The van der Waals surface area contributed by atoms with E-state index in [0.29, 0.717) is 28.7 Å². The Morgan fingerprint density at radius 2 is 1.85 bits per heavy atom. The lowest BCUT2D eigenvalue weighted by Crippen LogP contribution is -2.12. The lowest BCUT2D eigenvalue weighted by atomic mass is 10.1. The molecule has 3 rings (SSSR count). The molecule has 2 amide bonds. The van der Waals surface area contributed by atoms with Gasteiger partial charge < -0.3 is 15.4 Å². The Labute approximate surface area is 194 Å². The number of nitrogens with zero attached hydrogens (tertiary/aromatic N) is 1. The molecular weight excluding hydrogens is 469 g/mol. The Balaban J connectivity index is 1.47. The van der Waals surface area contributed by atoms with Gasteiger partial charge in [0.1, 0.15) is 11.6 Å². The number of halogens is 1. The second-order valence-corrected chi connectivity index (χ2v) is 10.0. The monoisotopic (exact) mass is 491 g/mol. The zero-order chi connectivity index (χ0) is 24.0. The van der Waals surface area contributed by atoms with Crippen LogP contribution in [0.2, 0.25) is 0 Å². The van der Waals surface area contributed by atoms with Crippen molar-refractivity contribution in [3.8, 4) is 17.0 Å². The van der Waals surface area contributed by atoms with E-state index in [1.807, 2.05) is 0 Å². The zero-order valence-electron chi connectivity index (χ0n) is 17.9. The first-order chi connectivity index (χ1) is 15.6. The second kappa shape index (κ2) is 10.5. The van der Waals surface area contributed by atoms with Crippen molar-refractivity contribution in [2.24, 2.45) is 0 Å². The van der Waals surface area contributed by atoms with Gasteiger partial charge in [-0.2, -0.15) is 0 Å². The van der Waals surface area contributed by atoms with Crippen LogP contribution in [-0.4, -0.2) is 38.1 Å². The molecule has 174 valence electrons. The molecule has 33 heavy (non-hydrogen) atoms. The Hall–Kier alpha value is -3.31. The molecule has 0 aliphatic heterocycles. The van der Waals surface area contributed by atoms with Crippen LogP contribution in [0.1, 0.15) is 19.8 Å². The minimum atomic E-state index is -3.26. The number of rotatable bonds is 9. The number of benzene rings is 2. The molecule has 3 aromatic rings. The van der Waals surface area contributed by atoms with Crippen LogP contribution in [-0.2, 0) is 19.4 Å². The summed E-state index contributed by atoms with van der Waals surface area (Å²) in [4.78, 5) is 27.7. The smallest absolute Gasteiger partial charge is 0.226 e. The molecule has 2 N–H and O–H groups in total. The number of anilines is 2. The topological polar surface area (TPSA) is 114 Å². The predicted molar refractivity (Wildman–Crippen MR) is 125 cm³/mol. The molecule has 0 aliphatic carbocycles. The van der Waals surface area contributed by atoms with Crippen molar-refractivity contribution in [1.29, 1.82) is 0 Å². The van der Waals surface area contributed by atoms with Crippen LogP contribution in [0.4, 0.5) is 15.2 Å². The molecule has 0 saturated carbocycles. The Morgan fingerprint density at radius 3 is 2.48 bits per heavy atom. The number of amides is 2. The van der Waals surface area contributed by atoms with Gasteiger partial charge >= 0.3 is 0 Å². The molecule has 8 nitrogen and oxygen atoms in total. The van der Waals surface area contributed by atoms with Crippen molar-refractivity contribution in [2.75, 3.05) is 23.5 Å². The Kier molecular flexibility index (Phi) is 7.77. The number of ether oxygens (including phenoxy) is 1. The number of sulfone groups is 1. The molecule has 0 radical (unpaired) electrons. The summed E-state index contributed by atoms with van der Waals surface area (Å²) in [6.45, 7) is 1.62. The maximum Gasteiger partial charge on any atom is 0.226 e. The summed E-state index contributed by atoms with van der Waals surface area (Å²) in [7, 11) is -3.26. The van der Waals surface area contributed by atoms with E-state index in [1.165, 1.54) is 42.5 Å². The first kappa shape index (κ1) is 24.3. The standard InChI is InChI=1S/C22H22FN3O5S2/c1-14(27)24-15-5-10-18(19(23)12-15)20-13-32-22(25-20)26-21(28)4-3-11-31-16-6-8-17(9-7-16)33(2,29)30/h5-10,12-13H,3-4,11H2,1-2H3,(H,24,27)(H,25,26,28). The molecule has 0 bridgehead atoms. The maximum atomic E-state index is 14.4. The third-order valence-electron chi connectivity index (χ3n) is 4.38. The van der Waals surface area contributed by atoms with Crippen LogP contribution in [0.25, 0.3) is 11.3 Å². The van der Waals surface area contributed by atoms with Gasteiger partial charge in [-0.1, -0.05) is 0 Å². The van der Waals surface area contributed by atoms with Gasteiger partial charge in [-0.05, 0) is 48.9 Å². The molecule has 0 saturated heterocycles. The molecule has 1 heterocycles. The third kappa shape index (κ3) is 7.09. The van der Waals surface area contributed by atoms with Crippen LogP contribution < -0.4 is 15.4 Å². The maximum absolute atomic E-state index is 14.4. The van der Waals surface area contributed by atoms with Crippen LogP contribution in [0.15, 0.2) is 52.7 Å². The minimum absolute atomic E-state index is 0.191. The zero-order valence-corrected chi connectivity index (χ0v) is 19.6. The third-order valence-corrected chi connectivity index (χ3v) is 6.27. The van der Waals surface area contributed by atoms with Crippen molar-refractivity contribution < 1.29 is 27.1 Å². The average Bonchev–Trinajstić information content (AvgIpc) is 3.18. The fourth-order valence-electron chi connectivity index (χ4n) is 2.85. The number of nitrogens with one attached hydrogen (secondary N) is 2. The highest BCUT2D eigenvalue weighted by Crippen LogP contribution is 2.28. The summed E-state index contributed by atoms with van der Waals surface area (Å²) in [5, 5.41) is 7.17. The van der Waals surface area contributed by atoms with Gasteiger partial charge in [0, 0.05) is 36.2 Å². The molecule has 0 atom stereocenters. The van der Waals surface area contributed by atoms with Gasteiger partial charge in [-0.15, -0.1) is 11.3 Å². The van der Waals surface area contributed by atoms with Crippen LogP contribution in [0.3, 0.4) is 0 Å². The summed E-state index contributed by atoms with van der Waals surface area (Å²) >= 11 is 1.18. The Bertz CT molecular complexity index is 1260. The van der Waals surface area contributed by atoms with Gasteiger partial charge in [0.2, 0.25) is 11.8 Å². The fraction of sp³-hybridized carbons (Fsp3) is 0.227. The molecule has 0 fully saturated rings. The van der Waals surface area contributed by atoms with Crippen LogP contribution >= 0.6 is 11.3 Å². The van der Waals surface area contributed by atoms with E-state index >= 15 is 0 Å². The number of hydrogen-bond donors (Lipinski definition) is 2. The highest BCUT2D eigenvalue weighted by atomic mass is 32.2. The van der Waals surface area contributed by atoms with E-state index in [2.05, 4.69) is 15.6 Å². The van der Waals surface area contributed by atoms with Crippen molar-refractivity contribution in [1.82, 2.24) is 4.98 Å². The normalized spacial score (nSPS) is 11.1. The quantitative estimate of drug-likeness (QED) is 0.436. The molecule has 1 aromatic heterocycles. The summed E-state index contributed by atoms with van der Waals surface area (Å²) in [6.07, 6.45) is 1.76. The van der Waals surface area contributed by atoms with Gasteiger partial charge in [0.15, 0.2) is 15.0 Å². The highest BCUT2D eigenvalue weighted by Gasteiger charge is 2.13. The number of hydrogen-bond acceptors (Lipinski definition) is 7. The van der Waals surface area contributed by atoms with Crippen LogP contribution in [0.5, 0.6) is 5.75 Å². The molecule has 0 unspecified atom stereocenters. The first-order valence-corrected chi connectivity index (χ1v) is 12.6. The van der Waals surface area contributed by atoms with E-state index in [1.54, 1.807) is 23.6 Å². The molecule has 11 heteroatoms. The summed E-state index contributed by atoms with van der Waals surface area (Å²) < 4.78 is 42.8. The van der Waals surface area contributed by atoms with E-state index in [9.17, 15) is 22.4 Å². The second-order valence-electron chi connectivity index (χ2n) is 7.16. The van der Waals surface area contributed by atoms with Crippen LogP contribution in [0, 0.1) is 5.82 Å². The minimum Gasteiger partial charge on any atom is -0.494 e. The summed E-state index contributed by atoms with van der Waals surface area (Å²) in [5.74, 6) is -0.575. The number of aromatic nitrogens is 1. The van der Waals surface area contributed by atoms with Crippen molar-refractivity contribution in [3.63, 3.8) is 0 Å². The van der Waals surface area contributed by atoms with E-state index in [0.717, 1.165) is 6.26 Å². The molecular formula is C22H22FN3O5S2. The SMILES string of the molecule is CC(=O)Nc1ccc(-c2csc(NC(=O)CCCOc3ccc(S(C)(=O)=O)cc3)n2)c(F)c1. The average molecular weight is 492 g/mol.